The summed E-state index contributed by atoms with van der Waals surface area (Å²) >= 11 is 6.40. The van der Waals surface area contributed by atoms with Crippen molar-refractivity contribution in [2.24, 2.45) is 5.73 Å². The second-order valence-electron chi connectivity index (χ2n) is 3.44. The van der Waals surface area contributed by atoms with E-state index >= 15 is 0 Å². The Kier molecular flexibility index (Phi) is 3.15. The Balaban J connectivity index is 3.43. The van der Waals surface area contributed by atoms with E-state index < -0.39 is 5.54 Å². The van der Waals surface area contributed by atoms with Gasteiger partial charge >= 0.3 is 0 Å². The molecule has 1 aromatic rings. The first-order valence-corrected chi connectivity index (χ1v) is 5.35. The van der Waals surface area contributed by atoms with E-state index in [1.165, 1.54) is 0 Å². The van der Waals surface area contributed by atoms with Gasteiger partial charge in [0.05, 0.1) is 4.47 Å². The van der Waals surface area contributed by atoms with Gasteiger partial charge in [-0.25, -0.2) is 4.39 Å². The third-order valence-electron chi connectivity index (χ3n) is 1.69. The van der Waals surface area contributed by atoms with Crippen molar-refractivity contribution in [1.29, 1.82) is 0 Å². The summed E-state index contributed by atoms with van der Waals surface area (Å²) in [7, 11) is 0. The van der Waals surface area contributed by atoms with Gasteiger partial charge in [0.2, 0.25) is 0 Å². The maximum atomic E-state index is 13.6. The highest BCUT2D eigenvalue weighted by atomic mass is 79.9. The molecule has 0 aromatic heterocycles. The lowest BCUT2D eigenvalue weighted by molar-refractivity contribution is 0.496. The number of benzene rings is 1. The van der Waals surface area contributed by atoms with Gasteiger partial charge in [0, 0.05) is 15.6 Å². The van der Waals surface area contributed by atoms with Crippen molar-refractivity contribution in [2.45, 2.75) is 19.4 Å². The van der Waals surface area contributed by atoms with Crippen LogP contribution in [0.1, 0.15) is 19.4 Å². The van der Waals surface area contributed by atoms with Gasteiger partial charge in [-0.15, -0.1) is 0 Å². The van der Waals surface area contributed by atoms with Gasteiger partial charge in [-0.2, -0.15) is 0 Å². The van der Waals surface area contributed by atoms with Gasteiger partial charge in [0.25, 0.3) is 0 Å². The van der Waals surface area contributed by atoms with E-state index in [4.69, 9.17) is 5.73 Å². The molecule has 1 rings (SSSR count). The summed E-state index contributed by atoms with van der Waals surface area (Å²) in [6, 6.07) is 3.42. The number of rotatable bonds is 1. The molecule has 0 atom stereocenters. The predicted octanol–water partition coefficient (Wildman–Crippen LogP) is 3.54. The van der Waals surface area contributed by atoms with Crippen molar-refractivity contribution < 1.29 is 4.39 Å². The Morgan fingerprint density at radius 3 is 2.08 bits per heavy atom. The summed E-state index contributed by atoms with van der Waals surface area (Å²) in [4.78, 5) is 0. The third kappa shape index (κ3) is 2.30. The van der Waals surface area contributed by atoms with Crippen molar-refractivity contribution in [3.8, 4) is 0 Å². The molecule has 0 aliphatic rings. The summed E-state index contributed by atoms with van der Waals surface area (Å²) in [6.45, 7) is 3.53. The van der Waals surface area contributed by atoms with E-state index in [9.17, 15) is 4.39 Å². The highest BCUT2D eigenvalue weighted by Crippen LogP contribution is 2.32. The fourth-order valence-corrected chi connectivity index (χ4v) is 2.27. The number of halogens is 3. The molecule has 0 spiro atoms. The fraction of sp³-hybridized carbons (Fsp3) is 0.333. The van der Waals surface area contributed by atoms with Crippen LogP contribution in [0.25, 0.3) is 0 Å². The predicted molar refractivity (Wildman–Crippen MR) is 59.0 cm³/mol. The molecular formula is C9H10Br2FN. The first-order chi connectivity index (χ1) is 5.84. The Hall–Kier alpha value is 0.0700. The number of hydrogen-bond donors (Lipinski definition) is 1. The molecule has 0 unspecified atom stereocenters. The second kappa shape index (κ2) is 3.67. The molecule has 0 aliphatic heterocycles. The fourth-order valence-electron chi connectivity index (χ4n) is 1.12. The molecule has 0 radical (unpaired) electrons. The van der Waals surface area contributed by atoms with E-state index in [0.717, 1.165) is 0 Å². The zero-order chi connectivity index (χ0) is 10.2. The van der Waals surface area contributed by atoms with Crippen molar-refractivity contribution in [3.05, 3.63) is 32.5 Å². The van der Waals surface area contributed by atoms with Gasteiger partial charge in [-0.05, 0) is 41.9 Å². The van der Waals surface area contributed by atoms with Crippen LogP contribution in [0.4, 0.5) is 4.39 Å². The van der Waals surface area contributed by atoms with Crippen molar-refractivity contribution in [1.82, 2.24) is 0 Å². The van der Waals surface area contributed by atoms with E-state index in [2.05, 4.69) is 31.9 Å². The summed E-state index contributed by atoms with van der Waals surface area (Å²) in [5.74, 6) is -0.304. The molecule has 13 heavy (non-hydrogen) atoms. The van der Waals surface area contributed by atoms with Crippen molar-refractivity contribution in [2.75, 3.05) is 0 Å². The van der Waals surface area contributed by atoms with Crippen LogP contribution in [0.5, 0.6) is 0 Å². The Labute approximate surface area is 93.8 Å². The molecule has 4 heteroatoms. The third-order valence-corrected chi connectivity index (χ3v) is 2.96. The second-order valence-corrected chi connectivity index (χ2v) is 5.15. The maximum Gasteiger partial charge on any atom is 0.143 e. The SMILES string of the molecule is CC(C)(N)c1c(Br)ccc(Br)c1F. The first kappa shape index (κ1) is 11.1. The lowest BCUT2D eigenvalue weighted by atomic mass is 9.95. The standard InChI is InChI=1S/C9H10Br2FN/c1-9(2,13)7-5(10)3-4-6(11)8(7)12/h3-4H,13H2,1-2H3. The molecule has 1 nitrogen and oxygen atoms in total. The zero-order valence-corrected chi connectivity index (χ0v) is 10.5. The average molecular weight is 311 g/mol. The molecule has 0 fully saturated rings. The normalized spacial score (nSPS) is 11.8. The lowest BCUT2D eigenvalue weighted by Gasteiger charge is -2.21. The van der Waals surface area contributed by atoms with Crippen molar-refractivity contribution in [3.63, 3.8) is 0 Å². The van der Waals surface area contributed by atoms with E-state index in [-0.39, 0.29) is 5.82 Å². The maximum absolute atomic E-state index is 13.6. The van der Waals surface area contributed by atoms with Gasteiger partial charge in [0.15, 0.2) is 0 Å². The van der Waals surface area contributed by atoms with Gasteiger partial charge < -0.3 is 5.73 Å². The summed E-state index contributed by atoms with van der Waals surface area (Å²) < 4.78 is 14.7. The Bertz CT molecular complexity index is 331. The minimum atomic E-state index is -0.688. The molecule has 0 bridgehead atoms. The van der Waals surface area contributed by atoms with Crippen LogP contribution in [0.3, 0.4) is 0 Å². The van der Waals surface area contributed by atoms with Crippen LogP contribution >= 0.6 is 31.9 Å². The lowest BCUT2D eigenvalue weighted by Crippen LogP contribution is -2.30. The molecular weight excluding hydrogens is 301 g/mol. The minimum absolute atomic E-state index is 0.304. The molecule has 72 valence electrons. The number of hydrogen-bond acceptors (Lipinski definition) is 1. The molecule has 1 aromatic carbocycles. The quantitative estimate of drug-likeness (QED) is 0.789. The van der Waals surface area contributed by atoms with Gasteiger partial charge in [-0.1, -0.05) is 15.9 Å². The van der Waals surface area contributed by atoms with Crippen molar-refractivity contribution >= 4 is 31.9 Å². The highest BCUT2D eigenvalue weighted by Gasteiger charge is 2.23. The first-order valence-electron chi connectivity index (χ1n) is 3.77. The van der Waals surface area contributed by atoms with Crippen LogP contribution in [0.2, 0.25) is 0 Å². The smallest absolute Gasteiger partial charge is 0.143 e. The van der Waals surface area contributed by atoms with Gasteiger partial charge in [-0.3, -0.25) is 0 Å². The topological polar surface area (TPSA) is 26.0 Å². The molecule has 0 amide bonds. The Morgan fingerprint density at radius 2 is 1.69 bits per heavy atom. The summed E-state index contributed by atoms with van der Waals surface area (Å²) in [6.07, 6.45) is 0. The minimum Gasteiger partial charge on any atom is -0.322 e. The highest BCUT2D eigenvalue weighted by molar-refractivity contribution is 9.11. The number of nitrogens with two attached hydrogens (primary N) is 1. The molecule has 0 saturated carbocycles. The molecule has 0 heterocycles. The molecule has 0 aliphatic carbocycles. The van der Waals surface area contributed by atoms with Gasteiger partial charge in [0.1, 0.15) is 5.82 Å². The molecule has 2 N–H and O–H groups in total. The summed E-state index contributed by atoms with van der Waals surface area (Å²) in [5, 5.41) is 0. The average Bonchev–Trinajstić information content (AvgIpc) is 1.95. The van der Waals surface area contributed by atoms with Crippen LogP contribution in [0, 0.1) is 5.82 Å². The van der Waals surface area contributed by atoms with Crippen LogP contribution in [-0.2, 0) is 5.54 Å². The van der Waals surface area contributed by atoms with Crippen LogP contribution < -0.4 is 5.73 Å². The zero-order valence-electron chi connectivity index (χ0n) is 7.37. The molecule has 0 saturated heterocycles. The monoisotopic (exact) mass is 309 g/mol. The van der Waals surface area contributed by atoms with E-state index in [1.807, 2.05) is 0 Å². The van der Waals surface area contributed by atoms with Crippen LogP contribution in [0.15, 0.2) is 21.1 Å². The Morgan fingerprint density at radius 1 is 1.23 bits per heavy atom. The summed E-state index contributed by atoms with van der Waals surface area (Å²) in [5.41, 5.74) is 5.64. The van der Waals surface area contributed by atoms with E-state index in [0.29, 0.717) is 14.5 Å². The largest absolute Gasteiger partial charge is 0.322 e. The van der Waals surface area contributed by atoms with Crippen LogP contribution in [-0.4, -0.2) is 0 Å². The van der Waals surface area contributed by atoms with E-state index in [1.54, 1.807) is 26.0 Å².